The fourth-order valence-electron chi connectivity index (χ4n) is 3.89. The largest absolute Gasteiger partial charge is 0.349 e. The molecular formula is C18H21F2NO2. The van der Waals surface area contributed by atoms with Gasteiger partial charge in [0, 0.05) is 17.8 Å². The number of fused-ring (bicyclic) bond motifs is 2. The fourth-order valence-corrected chi connectivity index (χ4v) is 3.89. The second-order valence-electron chi connectivity index (χ2n) is 6.80. The Hall–Kier alpha value is -1.78. The Bertz CT molecular complexity index is 615. The van der Waals surface area contributed by atoms with E-state index in [1.54, 1.807) is 6.92 Å². The number of hydrogen-bond donors (Lipinski definition) is 1. The van der Waals surface area contributed by atoms with Crippen molar-refractivity contribution in [3.05, 3.63) is 35.4 Å². The summed E-state index contributed by atoms with van der Waals surface area (Å²) >= 11 is 0. The number of Topliss-reactive ketones (excluding diaryl/α,β-unsaturated/α-hetero) is 1. The van der Waals surface area contributed by atoms with Crippen LogP contribution in [0.15, 0.2) is 18.2 Å². The lowest BCUT2D eigenvalue weighted by Crippen LogP contribution is -2.43. The lowest BCUT2D eigenvalue weighted by atomic mass is 9.67. The van der Waals surface area contributed by atoms with Gasteiger partial charge in [-0.15, -0.1) is 0 Å². The molecule has 3 atom stereocenters. The van der Waals surface area contributed by atoms with E-state index in [4.69, 9.17) is 0 Å². The molecule has 0 spiro atoms. The van der Waals surface area contributed by atoms with Gasteiger partial charge in [-0.3, -0.25) is 9.59 Å². The SMILES string of the molecule is C[C@H](NC(=O)C1C[C@@H]2CCC[C@@H](C1)C2=O)c1ccc(F)c(F)c1. The van der Waals surface area contributed by atoms with Crippen LogP contribution in [0.2, 0.25) is 0 Å². The number of halogens is 2. The van der Waals surface area contributed by atoms with Crippen molar-refractivity contribution in [2.75, 3.05) is 0 Å². The Morgan fingerprint density at radius 3 is 2.43 bits per heavy atom. The van der Waals surface area contributed by atoms with E-state index >= 15 is 0 Å². The molecule has 0 aliphatic heterocycles. The molecule has 124 valence electrons. The second-order valence-corrected chi connectivity index (χ2v) is 6.80. The fraction of sp³-hybridized carbons (Fsp3) is 0.556. The zero-order valence-electron chi connectivity index (χ0n) is 13.1. The van der Waals surface area contributed by atoms with Crippen LogP contribution in [0.3, 0.4) is 0 Å². The first-order chi connectivity index (χ1) is 11.0. The Labute approximate surface area is 134 Å². The Morgan fingerprint density at radius 1 is 1.17 bits per heavy atom. The third-order valence-electron chi connectivity index (χ3n) is 5.22. The molecule has 2 fully saturated rings. The number of benzene rings is 1. The Balaban J connectivity index is 1.64. The summed E-state index contributed by atoms with van der Waals surface area (Å²) in [5.41, 5.74) is 0.532. The van der Waals surface area contributed by atoms with Gasteiger partial charge in [0.2, 0.25) is 5.91 Å². The van der Waals surface area contributed by atoms with E-state index in [2.05, 4.69) is 5.32 Å². The third kappa shape index (κ3) is 3.28. The van der Waals surface area contributed by atoms with Crippen LogP contribution >= 0.6 is 0 Å². The molecule has 1 N–H and O–H groups in total. The minimum atomic E-state index is -0.915. The summed E-state index contributed by atoms with van der Waals surface area (Å²) in [6.45, 7) is 1.75. The van der Waals surface area contributed by atoms with Gasteiger partial charge in [0.25, 0.3) is 0 Å². The van der Waals surface area contributed by atoms with E-state index in [1.807, 2.05) is 0 Å². The summed E-state index contributed by atoms with van der Waals surface area (Å²) in [7, 11) is 0. The number of nitrogens with one attached hydrogen (secondary N) is 1. The van der Waals surface area contributed by atoms with Gasteiger partial charge in [0.15, 0.2) is 11.6 Å². The number of carbonyl (C=O) groups is 2. The zero-order chi connectivity index (χ0) is 16.6. The van der Waals surface area contributed by atoms with Gasteiger partial charge in [-0.05, 0) is 50.3 Å². The minimum Gasteiger partial charge on any atom is -0.349 e. The van der Waals surface area contributed by atoms with E-state index in [0.717, 1.165) is 31.4 Å². The molecule has 0 heterocycles. The molecule has 2 saturated carbocycles. The van der Waals surface area contributed by atoms with Crippen molar-refractivity contribution in [2.24, 2.45) is 17.8 Å². The van der Waals surface area contributed by atoms with Crippen LogP contribution in [-0.4, -0.2) is 11.7 Å². The van der Waals surface area contributed by atoms with Crippen LogP contribution in [-0.2, 0) is 9.59 Å². The highest BCUT2D eigenvalue weighted by Gasteiger charge is 2.41. The average Bonchev–Trinajstić information content (AvgIpc) is 2.49. The molecular weight excluding hydrogens is 300 g/mol. The summed E-state index contributed by atoms with van der Waals surface area (Å²) < 4.78 is 26.3. The van der Waals surface area contributed by atoms with Crippen molar-refractivity contribution in [1.29, 1.82) is 0 Å². The van der Waals surface area contributed by atoms with Crippen LogP contribution in [0.5, 0.6) is 0 Å². The van der Waals surface area contributed by atoms with Gasteiger partial charge in [-0.2, -0.15) is 0 Å². The molecule has 3 rings (SSSR count). The molecule has 0 saturated heterocycles. The lowest BCUT2D eigenvalue weighted by molar-refractivity contribution is -0.137. The maximum absolute atomic E-state index is 13.3. The number of carbonyl (C=O) groups excluding carboxylic acids is 2. The molecule has 3 nitrogen and oxygen atoms in total. The van der Waals surface area contributed by atoms with Gasteiger partial charge in [0.05, 0.1) is 6.04 Å². The minimum absolute atomic E-state index is 0.0248. The number of rotatable bonds is 3. The first-order valence-electron chi connectivity index (χ1n) is 8.24. The standard InChI is InChI=1S/C18H21F2NO2/c1-10(11-5-6-15(19)16(20)9-11)21-18(23)14-7-12-3-2-4-13(8-14)17(12)22/h5-6,9-10,12-14H,2-4,7-8H2,1H3,(H,21,23)/t10-,12-,13-/m0/s1. The molecule has 0 unspecified atom stereocenters. The summed E-state index contributed by atoms with van der Waals surface area (Å²) in [4.78, 5) is 24.6. The predicted molar refractivity (Wildman–Crippen MR) is 81.5 cm³/mol. The maximum atomic E-state index is 13.3. The van der Waals surface area contributed by atoms with E-state index in [0.29, 0.717) is 24.2 Å². The molecule has 2 aliphatic rings. The molecule has 1 amide bonds. The van der Waals surface area contributed by atoms with E-state index < -0.39 is 17.7 Å². The van der Waals surface area contributed by atoms with Crippen LogP contribution in [0, 0.1) is 29.4 Å². The summed E-state index contributed by atoms with van der Waals surface area (Å²) in [6.07, 6.45) is 4.08. The average molecular weight is 321 g/mol. The molecule has 2 aliphatic carbocycles. The first-order valence-corrected chi connectivity index (χ1v) is 8.24. The molecule has 0 radical (unpaired) electrons. The Morgan fingerprint density at radius 2 is 1.83 bits per heavy atom. The second kappa shape index (κ2) is 6.38. The maximum Gasteiger partial charge on any atom is 0.223 e. The van der Waals surface area contributed by atoms with Gasteiger partial charge < -0.3 is 5.32 Å². The van der Waals surface area contributed by atoms with Crippen molar-refractivity contribution in [2.45, 2.75) is 45.1 Å². The summed E-state index contributed by atoms with van der Waals surface area (Å²) in [5, 5.41) is 2.88. The van der Waals surface area contributed by atoms with Crippen LogP contribution < -0.4 is 5.32 Å². The number of hydrogen-bond acceptors (Lipinski definition) is 2. The molecule has 2 bridgehead atoms. The van der Waals surface area contributed by atoms with Crippen molar-refractivity contribution >= 4 is 11.7 Å². The van der Waals surface area contributed by atoms with E-state index in [1.165, 1.54) is 6.07 Å². The molecule has 1 aromatic carbocycles. The summed E-state index contributed by atoms with van der Waals surface area (Å²) in [6, 6.07) is 3.26. The van der Waals surface area contributed by atoms with Crippen molar-refractivity contribution in [3.63, 3.8) is 0 Å². The van der Waals surface area contributed by atoms with Crippen molar-refractivity contribution in [1.82, 2.24) is 5.32 Å². The topological polar surface area (TPSA) is 46.2 Å². The number of ketones is 1. The highest BCUT2D eigenvalue weighted by molar-refractivity contribution is 5.88. The number of amides is 1. The van der Waals surface area contributed by atoms with Gasteiger partial charge in [-0.25, -0.2) is 8.78 Å². The zero-order valence-corrected chi connectivity index (χ0v) is 13.1. The molecule has 23 heavy (non-hydrogen) atoms. The van der Waals surface area contributed by atoms with Crippen LogP contribution in [0.1, 0.15) is 50.6 Å². The molecule has 5 heteroatoms. The van der Waals surface area contributed by atoms with Crippen LogP contribution in [0.25, 0.3) is 0 Å². The van der Waals surface area contributed by atoms with Gasteiger partial charge in [-0.1, -0.05) is 12.5 Å². The highest BCUT2D eigenvalue weighted by Crippen LogP contribution is 2.40. The molecule has 0 aromatic heterocycles. The van der Waals surface area contributed by atoms with Crippen molar-refractivity contribution in [3.8, 4) is 0 Å². The molecule has 1 aromatic rings. The quantitative estimate of drug-likeness (QED) is 0.925. The van der Waals surface area contributed by atoms with E-state index in [9.17, 15) is 18.4 Å². The summed E-state index contributed by atoms with van der Waals surface area (Å²) in [5.74, 6) is -1.68. The smallest absolute Gasteiger partial charge is 0.223 e. The van der Waals surface area contributed by atoms with Crippen LogP contribution in [0.4, 0.5) is 8.78 Å². The monoisotopic (exact) mass is 321 g/mol. The predicted octanol–water partition coefficient (Wildman–Crippen LogP) is 3.54. The third-order valence-corrected chi connectivity index (χ3v) is 5.22. The normalized spacial score (nSPS) is 28.3. The Kier molecular flexibility index (Phi) is 4.46. The first kappa shape index (κ1) is 16.1. The van der Waals surface area contributed by atoms with Gasteiger partial charge >= 0.3 is 0 Å². The van der Waals surface area contributed by atoms with Gasteiger partial charge in [0.1, 0.15) is 5.78 Å². The van der Waals surface area contributed by atoms with E-state index in [-0.39, 0.29) is 23.7 Å². The highest BCUT2D eigenvalue weighted by atomic mass is 19.2. The van der Waals surface area contributed by atoms with Crippen molar-refractivity contribution < 1.29 is 18.4 Å². The lowest BCUT2D eigenvalue weighted by Gasteiger charge is -2.37.